The standard InChI is InChI=1S/C26H31ClF2N6O2/c1-13(18-10-19(35-34-18)15-6-8-16(27)9-7-15)31-25-32-20(11-21(33-25)23(28)29)22-17(12-30-24(22)36)14(2)37-26(3,4)5/h6-11,13-14,17,22-23H,12H2,1-5H3,(H,30,36)(H,34,35)(H,31,32,33)/t13-,14+,17+,22+/m0/s1. The van der Waals surface area contributed by atoms with Crippen molar-refractivity contribution in [1.29, 1.82) is 0 Å². The quantitative estimate of drug-likeness (QED) is 0.345. The van der Waals surface area contributed by atoms with Crippen molar-refractivity contribution in [3.8, 4) is 11.3 Å². The normalized spacial score (nSPS) is 19.6. The highest BCUT2D eigenvalue weighted by Gasteiger charge is 2.42. The molecule has 8 nitrogen and oxygen atoms in total. The molecule has 4 atom stereocenters. The van der Waals surface area contributed by atoms with Crippen molar-refractivity contribution in [2.45, 2.75) is 64.7 Å². The molecule has 1 aliphatic rings. The molecule has 1 fully saturated rings. The molecule has 0 spiro atoms. The van der Waals surface area contributed by atoms with Gasteiger partial charge in [-0.05, 0) is 58.9 Å². The van der Waals surface area contributed by atoms with E-state index < -0.39 is 23.6 Å². The molecule has 2 aromatic heterocycles. The molecule has 3 aromatic rings. The summed E-state index contributed by atoms with van der Waals surface area (Å²) in [5, 5.41) is 13.8. The molecule has 0 radical (unpaired) electrons. The van der Waals surface area contributed by atoms with Crippen molar-refractivity contribution in [2.75, 3.05) is 11.9 Å². The summed E-state index contributed by atoms with van der Waals surface area (Å²) in [6.45, 7) is 9.88. The fourth-order valence-electron chi connectivity index (χ4n) is 4.50. The lowest BCUT2D eigenvalue weighted by Crippen LogP contribution is -2.34. The lowest BCUT2D eigenvalue weighted by molar-refractivity contribution is -0.122. The molecule has 3 heterocycles. The molecule has 0 unspecified atom stereocenters. The number of nitrogens with zero attached hydrogens (tertiary/aromatic N) is 3. The first-order chi connectivity index (χ1) is 17.4. The lowest BCUT2D eigenvalue weighted by Gasteiger charge is -2.30. The molecule has 0 bridgehead atoms. The Bertz CT molecular complexity index is 1240. The molecule has 1 amide bonds. The Balaban J connectivity index is 1.59. The van der Waals surface area contributed by atoms with Crippen LogP contribution in [0.3, 0.4) is 0 Å². The molecule has 0 saturated carbocycles. The fraction of sp³-hybridized carbons (Fsp3) is 0.462. The molecule has 3 N–H and O–H groups in total. The second-order valence-electron chi connectivity index (χ2n) is 10.2. The van der Waals surface area contributed by atoms with Crippen LogP contribution in [0.4, 0.5) is 14.7 Å². The number of nitrogens with one attached hydrogen (secondary N) is 3. The summed E-state index contributed by atoms with van der Waals surface area (Å²) < 4.78 is 33.7. The van der Waals surface area contributed by atoms with Gasteiger partial charge in [-0.3, -0.25) is 9.89 Å². The van der Waals surface area contributed by atoms with Crippen LogP contribution < -0.4 is 10.6 Å². The number of H-pyrrole nitrogens is 1. The van der Waals surface area contributed by atoms with Crippen molar-refractivity contribution < 1.29 is 18.3 Å². The molecule has 0 aliphatic carbocycles. The first-order valence-corrected chi connectivity index (χ1v) is 12.5. The third kappa shape index (κ3) is 6.42. The van der Waals surface area contributed by atoms with E-state index in [9.17, 15) is 13.6 Å². The zero-order valence-corrected chi connectivity index (χ0v) is 22.1. The van der Waals surface area contributed by atoms with E-state index in [1.165, 1.54) is 6.07 Å². The summed E-state index contributed by atoms with van der Waals surface area (Å²) in [6.07, 6.45) is -3.13. The molecule has 11 heteroatoms. The van der Waals surface area contributed by atoms with E-state index in [2.05, 4.69) is 30.8 Å². The van der Waals surface area contributed by atoms with Gasteiger partial charge in [-0.1, -0.05) is 23.7 Å². The van der Waals surface area contributed by atoms with Crippen LogP contribution >= 0.6 is 11.6 Å². The molecule has 1 aromatic carbocycles. The second kappa shape index (κ2) is 10.7. The lowest BCUT2D eigenvalue weighted by atomic mass is 9.87. The Labute approximate surface area is 219 Å². The molecule has 1 saturated heterocycles. The van der Waals surface area contributed by atoms with E-state index in [0.717, 1.165) is 5.56 Å². The zero-order chi connectivity index (χ0) is 26.9. The van der Waals surface area contributed by atoms with Gasteiger partial charge in [0.1, 0.15) is 5.69 Å². The van der Waals surface area contributed by atoms with Gasteiger partial charge in [-0.25, -0.2) is 18.7 Å². The maximum absolute atomic E-state index is 13.8. The fourth-order valence-corrected chi connectivity index (χ4v) is 4.62. The number of carbonyl (C=O) groups is 1. The summed E-state index contributed by atoms with van der Waals surface area (Å²) >= 11 is 5.97. The molecule has 1 aliphatic heterocycles. The minimum atomic E-state index is -2.83. The van der Waals surface area contributed by atoms with Crippen LogP contribution in [-0.4, -0.2) is 44.3 Å². The predicted octanol–water partition coefficient (Wildman–Crippen LogP) is 5.66. The van der Waals surface area contributed by atoms with Gasteiger partial charge in [-0.2, -0.15) is 5.10 Å². The van der Waals surface area contributed by atoms with Crippen LogP contribution in [0.25, 0.3) is 11.3 Å². The van der Waals surface area contributed by atoms with Gasteiger partial charge in [0.05, 0.1) is 40.7 Å². The Morgan fingerprint density at radius 1 is 1.14 bits per heavy atom. The number of amides is 1. The highest BCUT2D eigenvalue weighted by atomic mass is 35.5. The number of aromatic amines is 1. The number of hydrogen-bond acceptors (Lipinski definition) is 6. The molecule has 198 valence electrons. The van der Waals surface area contributed by atoms with Gasteiger partial charge in [0.2, 0.25) is 11.9 Å². The topological polar surface area (TPSA) is 105 Å². The van der Waals surface area contributed by atoms with E-state index in [1.54, 1.807) is 12.1 Å². The SMILES string of the molecule is C[C@H](Nc1nc(C(F)F)cc([C@@H]2C(=O)NC[C@@H]2[C@@H](C)OC(C)(C)C)n1)c1cc(-c2ccc(Cl)cc2)n[nH]1. The average molecular weight is 533 g/mol. The van der Waals surface area contributed by atoms with Crippen LogP contribution in [0.5, 0.6) is 0 Å². The van der Waals surface area contributed by atoms with E-state index in [0.29, 0.717) is 23.0 Å². The van der Waals surface area contributed by atoms with Crippen LogP contribution in [0, 0.1) is 5.92 Å². The maximum atomic E-state index is 13.8. The molecular formula is C26H31ClF2N6O2. The molecule has 4 rings (SSSR count). The minimum absolute atomic E-state index is 0.00536. The minimum Gasteiger partial charge on any atom is -0.373 e. The Hall–Kier alpha value is -3.11. The number of ether oxygens (including phenoxy) is 1. The molecule has 37 heavy (non-hydrogen) atoms. The number of benzene rings is 1. The number of hydrogen-bond donors (Lipinski definition) is 3. The Kier molecular flexibility index (Phi) is 7.80. The van der Waals surface area contributed by atoms with Gasteiger partial charge < -0.3 is 15.4 Å². The third-order valence-electron chi connectivity index (χ3n) is 6.22. The third-order valence-corrected chi connectivity index (χ3v) is 6.47. The first kappa shape index (κ1) is 26.9. The maximum Gasteiger partial charge on any atom is 0.280 e. The smallest absolute Gasteiger partial charge is 0.280 e. The van der Waals surface area contributed by atoms with Gasteiger partial charge in [0.25, 0.3) is 6.43 Å². The van der Waals surface area contributed by atoms with Crippen molar-refractivity contribution in [3.05, 3.63) is 58.5 Å². The van der Waals surface area contributed by atoms with Crippen LogP contribution in [0.2, 0.25) is 5.02 Å². The number of anilines is 1. The molecular weight excluding hydrogens is 502 g/mol. The second-order valence-corrected chi connectivity index (χ2v) is 10.7. The van der Waals surface area contributed by atoms with Crippen molar-refractivity contribution in [3.63, 3.8) is 0 Å². The number of rotatable bonds is 8. The zero-order valence-electron chi connectivity index (χ0n) is 21.3. The Morgan fingerprint density at radius 3 is 2.49 bits per heavy atom. The van der Waals surface area contributed by atoms with E-state index in [1.807, 2.05) is 52.8 Å². The van der Waals surface area contributed by atoms with E-state index >= 15 is 0 Å². The average Bonchev–Trinajstić information content (AvgIpc) is 3.45. The van der Waals surface area contributed by atoms with Gasteiger partial charge in [0.15, 0.2) is 0 Å². The Morgan fingerprint density at radius 2 is 1.84 bits per heavy atom. The van der Waals surface area contributed by atoms with Gasteiger partial charge in [0, 0.05) is 23.0 Å². The number of alkyl halides is 2. The number of halogens is 3. The first-order valence-electron chi connectivity index (χ1n) is 12.1. The number of carbonyl (C=O) groups excluding carboxylic acids is 1. The van der Waals surface area contributed by atoms with Crippen LogP contribution in [0.1, 0.15) is 70.1 Å². The van der Waals surface area contributed by atoms with E-state index in [-0.39, 0.29) is 35.6 Å². The predicted molar refractivity (Wildman–Crippen MR) is 138 cm³/mol. The van der Waals surface area contributed by atoms with Crippen LogP contribution in [-0.2, 0) is 9.53 Å². The van der Waals surface area contributed by atoms with Gasteiger partial charge in [-0.15, -0.1) is 0 Å². The van der Waals surface area contributed by atoms with Crippen LogP contribution in [0.15, 0.2) is 36.4 Å². The van der Waals surface area contributed by atoms with Crippen molar-refractivity contribution in [2.24, 2.45) is 5.92 Å². The monoisotopic (exact) mass is 532 g/mol. The number of aromatic nitrogens is 4. The van der Waals surface area contributed by atoms with E-state index in [4.69, 9.17) is 16.3 Å². The van der Waals surface area contributed by atoms with Crippen molar-refractivity contribution >= 4 is 23.5 Å². The summed E-state index contributed by atoms with van der Waals surface area (Å²) in [5.41, 5.74) is 1.65. The van der Waals surface area contributed by atoms with Gasteiger partial charge >= 0.3 is 0 Å². The largest absolute Gasteiger partial charge is 0.373 e. The summed E-state index contributed by atoms with van der Waals surface area (Å²) in [6, 6.07) is 9.94. The summed E-state index contributed by atoms with van der Waals surface area (Å²) in [5.74, 6) is -1.27. The van der Waals surface area contributed by atoms with Crippen molar-refractivity contribution in [1.82, 2.24) is 25.5 Å². The highest BCUT2D eigenvalue weighted by Crippen LogP contribution is 2.35. The highest BCUT2D eigenvalue weighted by molar-refractivity contribution is 6.30. The summed E-state index contributed by atoms with van der Waals surface area (Å²) in [7, 11) is 0. The summed E-state index contributed by atoms with van der Waals surface area (Å²) in [4.78, 5) is 21.3.